The summed E-state index contributed by atoms with van der Waals surface area (Å²) in [6, 6.07) is 7.94. The van der Waals surface area contributed by atoms with E-state index in [4.69, 9.17) is 23.2 Å². The molecule has 0 spiro atoms. The zero-order valence-electron chi connectivity index (χ0n) is 7.98. The van der Waals surface area contributed by atoms with E-state index in [2.05, 4.69) is 19.9 Å². The van der Waals surface area contributed by atoms with E-state index in [1.165, 1.54) is 5.56 Å². The fraction of sp³-hybridized carbons (Fsp3) is 0.455. The highest BCUT2D eigenvalue weighted by atomic mass is 35.5. The second kappa shape index (κ2) is 4.34. The van der Waals surface area contributed by atoms with Gasteiger partial charge in [-0.05, 0) is 29.5 Å². The number of hydrogen-bond donors (Lipinski definition) is 0. The third-order valence-corrected chi connectivity index (χ3v) is 2.89. The highest BCUT2D eigenvalue weighted by molar-refractivity contribution is 6.30. The van der Waals surface area contributed by atoms with E-state index in [1.54, 1.807) is 0 Å². The maximum atomic E-state index is 5.88. The normalized spacial score (nSPS) is 11.7. The molecule has 0 aliphatic carbocycles. The highest BCUT2D eigenvalue weighted by Crippen LogP contribution is 2.24. The summed E-state index contributed by atoms with van der Waals surface area (Å²) in [7, 11) is 0. The topological polar surface area (TPSA) is 0 Å². The average Bonchev–Trinajstić information content (AvgIpc) is 2.03. The number of hydrogen-bond acceptors (Lipinski definition) is 0. The zero-order valence-corrected chi connectivity index (χ0v) is 9.49. The van der Waals surface area contributed by atoms with Gasteiger partial charge in [-0.3, -0.25) is 0 Å². The predicted molar refractivity (Wildman–Crippen MR) is 59.7 cm³/mol. The molecule has 0 fully saturated rings. The number of benzene rings is 1. The number of rotatable bonds is 3. The van der Waals surface area contributed by atoms with Gasteiger partial charge < -0.3 is 0 Å². The molecule has 1 rings (SSSR count). The first-order valence-corrected chi connectivity index (χ1v) is 5.25. The highest BCUT2D eigenvalue weighted by Gasteiger charge is 2.16. The molecule has 0 nitrogen and oxygen atoms in total. The van der Waals surface area contributed by atoms with Crippen LogP contribution >= 0.6 is 23.2 Å². The van der Waals surface area contributed by atoms with Gasteiger partial charge in [0.15, 0.2) is 0 Å². The lowest BCUT2D eigenvalue weighted by molar-refractivity contribution is 0.418. The Labute approximate surface area is 89.9 Å². The van der Waals surface area contributed by atoms with Gasteiger partial charge in [-0.1, -0.05) is 37.6 Å². The molecule has 0 aliphatic heterocycles. The second-order valence-electron chi connectivity index (χ2n) is 4.10. The van der Waals surface area contributed by atoms with Crippen molar-refractivity contribution in [3.8, 4) is 0 Å². The molecule has 0 bridgehead atoms. The van der Waals surface area contributed by atoms with Gasteiger partial charge in [0.1, 0.15) is 0 Å². The Hall–Kier alpha value is -0.200. The van der Waals surface area contributed by atoms with Crippen molar-refractivity contribution >= 4 is 23.2 Å². The van der Waals surface area contributed by atoms with Gasteiger partial charge in [0.05, 0.1) is 0 Å². The van der Waals surface area contributed by atoms with Crippen molar-refractivity contribution in [2.45, 2.75) is 20.3 Å². The van der Waals surface area contributed by atoms with Crippen LogP contribution in [0.3, 0.4) is 0 Å². The van der Waals surface area contributed by atoms with Crippen molar-refractivity contribution in [2.75, 3.05) is 5.88 Å². The largest absolute Gasteiger partial charge is 0.126 e. The smallest absolute Gasteiger partial charge is 0.0408 e. The third-order valence-electron chi connectivity index (χ3n) is 1.93. The monoisotopic (exact) mass is 216 g/mol. The molecule has 0 aliphatic rings. The number of alkyl halides is 1. The Bertz CT molecular complexity index is 279. The van der Waals surface area contributed by atoms with Crippen LogP contribution in [0.2, 0.25) is 5.02 Å². The molecule has 0 N–H and O–H groups in total. The third kappa shape index (κ3) is 3.58. The summed E-state index contributed by atoms with van der Waals surface area (Å²) in [6.45, 7) is 4.31. The van der Waals surface area contributed by atoms with Crippen LogP contribution in [-0.4, -0.2) is 5.88 Å². The van der Waals surface area contributed by atoms with Crippen LogP contribution in [0.5, 0.6) is 0 Å². The maximum Gasteiger partial charge on any atom is 0.0408 e. The summed E-state index contributed by atoms with van der Waals surface area (Å²) in [5.41, 5.74) is 1.39. The summed E-state index contributed by atoms with van der Waals surface area (Å²) >= 11 is 11.7. The predicted octanol–water partition coefficient (Wildman–Crippen LogP) is 4.15. The van der Waals surface area contributed by atoms with Gasteiger partial charge in [-0.25, -0.2) is 0 Å². The molecule has 0 unspecified atom stereocenters. The molecule has 1 aromatic rings. The van der Waals surface area contributed by atoms with Gasteiger partial charge in [0, 0.05) is 10.9 Å². The molecule has 0 saturated heterocycles. The maximum absolute atomic E-state index is 5.88. The van der Waals surface area contributed by atoms with Crippen LogP contribution in [0.15, 0.2) is 24.3 Å². The SMILES string of the molecule is CC(C)(CCl)Cc1cccc(Cl)c1. The van der Waals surface area contributed by atoms with Crippen molar-refractivity contribution < 1.29 is 0 Å². The van der Waals surface area contributed by atoms with Crippen molar-refractivity contribution in [3.05, 3.63) is 34.9 Å². The summed E-state index contributed by atoms with van der Waals surface area (Å²) < 4.78 is 0. The van der Waals surface area contributed by atoms with Crippen LogP contribution in [0.25, 0.3) is 0 Å². The molecule has 0 radical (unpaired) electrons. The van der Waals surface area contributed by atoms with Crippen LogP contribution in [0.1, 0.15) is 19.4 Å². The fourth-order valence-electron chi connectivity index (χ4n) is 1.25. The first-order chi connectivity index (χ1) is 6.03. The van der Waals surface area contributed by atoms with Gasteiger partial charge in [-0.2, -0.15) is 0 Å². The first kappa shape index (κ1) is 10.9. The van der Waals surface area contributed by atoms with Crippen LogP contribution < -0.4 is 0 Å². The lowest BCUT2D eigenvalue weighted by Crippen LogP contribution is -2.16. The molecular weight excluding hydrogens is 203 g/mol. The molecule has 0 amide bonds. The second-order valence-corrected chi connectivity index (χ2v) is 4.81. The summed E-state index contributed by atoms with van der Waals surface area (Å²) in [6.07, 6.45) is 0.969. The zero-order chi connectivity index (χ0) is 9.90. The van der Waals surface area contributed by atoms with Gasteiger partial charge >= 0.3 is 0 Å². The minimum absolute atomic E-state index is 0.145. The molecular formula is C11H14Cl2. The van der Waals surface area contributed by atoms with Crippen LogP contribution in [0.4, 0.5) is 0 Å². The minimum Gasteiger partial charge on any atom is -0.126 e. The summed E-state index contributed by atoms with van der Waals surface area (Å²) in [5, 5.41) is 0.794. The molecule has 72 valence electrons. The van der Waals surface area contributed by atoms with E-state index in [0.717, 1.165) is 11.4 Å². The standard InChI is InChI=1S/C11H14Cl2/c1-11(2,8-12)7-9-4-3-5-10(13)6-9/h3-6H,7-8H2,1-2H3. The van der Waals surface area contributed by atoms with E-state index in [1.807, 2.05) is 18.2 Å². The lowest BCUT2D eigenvalue weighted by Gasteiger charge is -2.21. The number of halogens is 2. The average molecular weight is 217 g/mol. The molecule has 0 saturated carbocycles. The van der Waals surface area contributed by atoms with Crippen molar-refractivity contribution in [1.82, 2.24) is 0 Å². The quantitative estimate of drug-likeness (QED) is 0.667. The summed E-state index contributed by atoms with van der Waals surface area (Å²) in [5.74, 6) is 0.666. The van der Waals surface area contributed by atoms with E-state index in [0.29, 0.717) is 5.88 Å². The van der Waals surface area contributed by atoms with Crippen LogP contribution in [0, 0.1) is 5.41 Å². The van der Waals surface area contributed by atoms with E-state index in [9.17, 15) is 0 Å². The Balaban J connectivity index is 2.74. The molecule has 0 heterocycles. The Morgan fingerprint density at radius 3 is 2.54 bits per heavy atom. The first-order valence-electron chi connectivity index (χ1n) is 4.34. The van der Waals surface area contributed by atoms with E-state index in [-0.39, 0.29) is 5.41 Å². The van der Waals surface area contributed by atoms with Crippen molar-refractivity contribution in [1.29, 1.82) is 0 Å². The molecule has 1 aromatic carbocycles. The van der Waals surface area contributed by atoms with Crippen molar-refractivity contribution in [3.63, 3.8) is 0 Å². The molecule has 0 aromatic heterocycles. The van der Waals surface area contributed by atoms with E-state index < -0.39 is 0 Å². The Morgan fingerprint density at radius 1 is 1.31 bits per heavy atom. The Morgan fingerprint density at radius 2 is 2.00 bits per heavy atom. The van der Waals surface area contributed by atoms with Gasteiger partial charge in [0.2, 0.25) is 0 Å². The Kier molecular flexibility index (Phi) is 3.63. The van der Waals surface area contributed by atoms with Gasteiger partial charge in [-0.15, -0.1) is 11.6 Å². The minimum atomic E-state index is 0.145. The summed E-state index contributed by atoms with van der Waals surface area (Å²) in [4.78, 5) is 0. The molecule has 2 heteroatoms. The van der Waals surface area contributed by atoms with Gasteiger partial charge in [0.25, 0.3) is 0 Å². The van der Waals surface area contributed by atoms with Crippen molar-refractivity contribution in [2.24, 2.45) is 5.41 Å². The molecule has 0 atom stereocenters. The lowest BCUT2D eigenvalue weighted by atomic mass is 9.88. The molecule has 13 heavy (non-hydrogen) atoms. The fourth-order valence-corrected chi connectivity index (χ4v) is 1.55. The van der Waals surface area contributed by atoms with E-state index >= 15 is 0 Å². The van der Waals surface area contributed by atoms with Crippen LogP contribution in [-0.2, 0) is 6.42 Å².